The molecule has 98 valence electrons. The van der Waals surface area contributed by atoms with Crippen molar-refractivity contribution in [2.75, 3.05) is 13.2 Å². The van der Waals surface area contributed by atoms with E-state index >= 15 is 0 Å². The van der Waals surface area contributed by atoms with Gasteiger partial charge in [0.05, 0.1) is 12.2 Å². The van der Waals surface area contributed by atoms with Crippen LogP contribution in [0.4, 0.5) is 0 Å². The Hall–Kier alpha value is -0.160. The summed E-state index contributed by atoms with van der Waals surface area (Å²) in [7, 11) is 0. The van der Waals surface area contributed by atoms with Gasteiger partial charge in [-0.3, -0.25) is 4.84 Å². The lowest BCUT2D eigenvalue weighted by molar-refractivity contribution is -0.0947. The molecule has 0 spiro atoms. The molecular formula is C12H28N2O2. The lowest BCUT2D eigenvalue weighted by Crippen LogP contribution is -2.42. The molecule has 0 aliphatic rings. The van der Waals surface area contributed by atoms with Crippen LogP contribution in [0.5, 0.6) is 0 Å². The molecule has 1 unspecified atom stereocenters. The van der Waals surface area contributed by atoms with Gasteiger partial charge in [0.25, 0.3) is 0 Å². The van der Waals surface area contributed by atoms with E-state index in [0.29, 0.717) is 5.92 Å². The average molecular weight is 232 g/mol. The Balaban J connectivity index is 3.59. The minimum absolute atomic E-state index is 0.161. The highest BCUT2D eigenvalue weighted by molar-refractivity contribution is 4.63. The Morgan fingerprint density at radius 2 is 1.81 bits per heavy atom. The summed E-state index contributed by atoms with van der Waals surface area (Å²) < 4.78 is 0. The molecule has 0 aliphatic heterocycles. The molecule has 0 heterocycles. The van der Waals surface area contributed by atoms with Crippen molar-refractivity contribution < 1.29 is 9.68 Å². The van der Waals surface area contributed by atoms with Gasteiger partial charge in [0.1, 0.15) is 0 Å². The van der Waals surface area contributed by atoms with E-state index < -0.39 is 0 Å². The normalized spacial score (nSPS) is 14.4. The highest BCUT2D eigenvalue weighted by atomic mass is 16.7. The van der Waals surface area contributed by atoms with E-state index in [9.17, 15) is 0 Å². The SMILES string of the molecule is CCC(CNOCC(C)C)NOC(C)(C)C. The second kappa shape index (κ2) is 8.01. The van der Waals surface area contributed by atoms with E-state index in [-0.39, 0.29) is 11.6 Å². The molecule has 16 heavy (non-hydrogen) atoms. The molecule has 0 aromatic rings. The van der Waals surface area contributed by atoms with Crippen molar-refractivity contribution in [3.63, 3.8) is 0 Å². The summed E-state index contributed by atoms with van der Waals surface area (Å²) in [5.41, 5.74) is 5.86. The molecule has 0 radical (unpaired) electrons. The van der Waals surface area contributed by atoms with E-state index in [4.69, 9.17) is 9.68 Å². The third-order valence-electron chi connectivity index (χ3n) is 1.87. The molecule has 1 atom stereocenters. The van der Waals surface area contributed by atoms with Crippen molar-refractivity contribution in [2.45, 2.75) is 59.6 Å². The van der Waals surface area contributed by atoms with Crippen LogP contribution < -0.4 is 11.0 Å². The molecule has 0 fully saturated rings. The number of hydrogen-bond acceptors (Lipinski definition) is 4. The third-order valence-corrected chi connectivity index (χ3v) is 1.87. The molecule has 0 rings (SSSR count). The van der Waals surface area contributed by atoms with Gasteiger partial charge in [-0.15, -0.1) is 0 Å². The van der Waals surface area contributed by atoms with E-state index in [2.05, 4.69) is 31.7 Å². The third kappa shape index (κ3) is 10.4. The zero-order valence-electron chi connectivity index (χ0n) is 11.6. The van der Waals surface area contributed by atoms with Gasteiger partial charge in [-0.2, -0.15) is 5.48 Å². The zero-order chi connectivity index (χ0) is 12.6. The molecule has 0 aromatic heterocycles. The maximum atomic E-state index is 5.51. The van der Waals surface area contributed by atoms with Crippen LogP contribution in [-0.2, 0) is 9.68 Å². The molecule has 2 N–H and O–H groups in total. The van der Waals surface area contributed by atoms with Gasteiger partial charge in [0, 0.05) is 12.6 Å². The van der Waals surface area contributed by atoms with Crippen LogP contribution >= 0.6 is 0 Å². The van der Waals surface area contributed by atoms with Crippen LogP contribution in [0.15, 0.2) is 0 Å². The van der Waals surface area contributed by atoms with Gasteiger partial charge in [-0.1, -0.05) is 20.8 Å². The second-order valence-corrected chi connectivity index (χ2v) is 5.49. The van der Waals surface area contributed by atoms with Gasteiger partial charge < -0.3 is 4.84 Å². The van der Waals surface area contributed by atoms with Crippen LogP contribution in [0, 0.1) is 5.92 Å². The summed E-state index contributed by atoms with van der Waals surface area (Å²) >= 11 is 0. The summed E-state index contributed by atoms with van der Waals surface area (Å²) in [6, 6.07) is 0.270. The van der Waals surface area contributed by atoms with Crippen molar-refractivity contribution in [2.24, 2.45) is 5.92 Å². The minimum Gasteiger partial charge on any atom is -0.301 e. The summed E-state index contributed by atoms with van der Waals surface area (Å²) in [6.45, 7) is 13.9. The molecular weight excluding hydrogens is 204 g/mol. The number of rotatable bonds is 8. The summed E-state index contributed by atoms with van der Waals surface area (Å²) in [4.78, 5) is 10.8. The molecule has 4 nitrogen and oxygen atoms in total. The van der Waals surface area contributed by atoms with E-state index in [1.165, 1.54) is 0 Å². The predicted octanol–water partition coefficient (Wildman–Crippen LogP) is 2.26. The van der Waals surface area contributed by atoms with Crippen molar-refractivity contribution in [3.05, 3.63) is 0 Å². The van der Waals surface area contributed by atoms with E-state index in [1.54, 1.807) is 0 Å². The fraction of sp³-hybridized carbons (Fsp3) is 1.00. The quantitative estimate of drug-likeness (QED) is 0.497. The summed E-state index contributed by atoms with van der Waals surface area (Å²) in [6.07, 6.45) is 0.994. The molecule has 4 heteroatoms. The van der Waals surface area contributed by atoms with Gasteiger partial charge >= 0.3 is 0 Å². The van der Waals surface area contributed by atoms with Crippen LogP contribution in [0.3, 0.4) is 0 Å². The minimum atomic E-state index is -0.161. The van der Waals surface area contributed by atoms with Crippen molar-refractivity contribution in [3.8, 4) is 0 Å². The molecule has 0 bridgehead atoms. The Morgan fingerprint density at radius 1 is 1.19 bits per heavy atom. The van der Waals surface area contributed by atoms with Gasteiger partial charge in [0.15, 0.2) is 0 Å². The second-order valence-electron chi connectivity index (χ2n) is 5.49. The maximum absolute atomic E-state index is 5.51. The fourth-order valence-electron chi connectivity index (χ4n) is 0.915. The predicted molar refractivity (Wildman–Crippen MR) is 66.8 cm³/mol. The summed E-state index contributed by atoms with van der Waals surface area (Å²) in [5, 5.41) is 0. The largest absolute Gasteiger partial charge is 0.301 e. The smallest absolute Gasteiger partial charge is 0.0813 e. The molecule has 0 amide bonds. The molecule has 0 saturated heterocycles. The van der Waals surface area contributed by atoms with Crippen LogP contribution in [0.1, 0.15) is 48.0 Å². The number of hydrogen-bond donors (Lipinski definition) is 2. The van der Waals surface area contributed by atoms with E-state index in [1.807, 2.05) is 20.8 Å². The molecule has 0 aromatic carbocycles. The van der Waals surface area contributed by atoms with Gasteiger partial charge in [-0.05, 0) is 33.1 Å². The van der Waals surface area contributed by atoms with Crippen molar-refractivity contribution in [1.29, 1.82) is 0 Å². The van der Waals surface area contributed by atoms with Gasteiger partial charge in [-0.25, -0.2) is 5.48 Å². The Kier molecular flexibility index (Phi) is 7.93. The highest BCUT2D eigenvalue weighted by Crippen LogP contribution is 2.05. The first kappa shape index (κ1) is 15.8. The van der Waals surface area contributed by atoms with Crippen molar-refractivity contribution >= 4 is 0 Å². The first-order valence-electron chi connectivity index (χ1n) is 6.13. The Morgan fingerprint density at radius 3 is 2.25 bits per heavy atom. The monoisotopic (exact) mass is 232 g/mol. The molecule has 0 aliphatic carbocycles. The van der Waals surface area contributed by atoms with E-state index in [0.717, 1.165) is 19.6 Å². The number of hydroxylamine groups is 2. The van der Waals surface area contributed by atoms with Crippen LogP contribution in [-0.4, -0.2) is 24.8 Å². The van der Waals surface area contributed by atoms with Crippen LogP contribution in [0.2, 0.25) is 0 Å². The first-order chi connectivity index (χ1) is 7.35. The standard InChI is InChI=1S/C12H28N2O2/c1-7-11(14-16-12(4,5)6)8-13-15-9-10(2)3/h10-11,13-14H,7-9H2,1-6H3. The Labute approximate surface area is 100.0 Å². The van der Waals surface area contributed by atoms with Crippen LogP contribution in [0.25, 0.3) is 0 Å². The first-order valence-corrected chi connectivity index (χ1v) is 6.13. The number of nitrogens with one attached hydrogen (secondary N) is 2. The Bertz CT molecular complexity index is 167. The van der Waals surface area contributed by atoms with Crippen molar-refractivity contribution in [1.82, 2.24) is 11.0 Å². The molecule has 0 saturated carbocycles. The fourth-order valence-corrected chi connectivity index (χ4v) is 0.915. The lowest BCUT2D eigenvalue weighted by atomic mass is 10.2. The zero-order valence-corrected chi connectivity index (χ0v) is 11.6. The highest BCUT2D eigenvalue weighted by Gasteiger charge is 2.13. The van der Waals surface area contributed by atoms with Gasteiger partial charge in [0.2, 0.25) is 0 Å². The lowest BCUT2D eigenvalue weighted by Gasteiger charge is -2.24. The average Bonchev–Trinajstić information content (AvgIpc) is 2.15. The maximum Gasteiger partial charge on any atom is 0.0813 e. The topological polar surface area (TPSA) is 42.5 Å². The summed E-state index contributed by atoms with van der Waals surface area (Å²) in [5.74, 6) is 0.548.